The van der Waals surface area contributed by atoms with Gasteiger partial charge in [-0.2, -0.15) is 0 Å². The molecule has 0 fully saturated rings. The van der Waals surface area contributed by atoms with E-state index in [0.717, 1.165) is 5.56 Å². The highest BCUT2D eigenvalue weighted by molar-refractivity contribution is 6.11. The molecule has 5 rings (SSSR count). The Hall–Kier alpha value is -5.26. The lowest BCUT2D eigenvalue weighted by molar-refractivity contribution is -0.120. The number of anilines is 1. The van der Waals surface area contributed by atoms with Gasteiger partial charge in [0.2, 0.25) is 5.91 Å². The number of H-pyrrole nitrogens is 1. The number of rotatable bonds is 7. The maximum atomic E-state index is 13.0. The quantitative estimate of drug-likeness (QED) is 0.253. The van der Waals surface area contributed by atoms with Gasteiger partial charge in [0.05, 0.1) is 16.8 Å². The van der Waals surface area contributed by atoms with E-state index < -0.39 is 23.8 Å². The molecule has 0 radical (unpaired) electrons. The monoisotopic (exact) mass is 499 g/mol. The van der Waals surface area contributed by atoms with Gasteiger partial charge in [-0.05, 0) is 23.3 Å². The molecule has 2 aromatic carbocycles. The van der Waals surface area contributed by atoms with Crippen LogP contribution in [-0.2, 0) is 16.1 Å². The third kappa shape index (κ3) is 4.80. The first-order valence-corrected chi connectivity index (χ1v) is 11.2. The van der Waals surface area contributed by atoms with Gasteiger partial charge in [-0.1, -0.05) is 36.4 Å². The molecule has 0 unspecified atom stereocenters. The number of aromatic nitrogens is 3. The van der Waals surface area contributed by atoms with Crippen molar-refractivity contribution in [3.05, 3.63) is 83.4 Å². The normalized spacial score (nSPS) is 13.1. The van der Waals surface area contributed by atoms with Crippen molar-refractivity contribution in [2.75, 3.05) is 11.9 Å². The molecule has 0 saturated carbocycles. The zero-order valence-electron chi connectivity index (χ0n) is 19.3. The van der Waals surface area contributed by atoms with Crippen LogP contribution in [0.15, 0.2) is 61.1 Å². The van der Waals surface area contributed by atoms with Crippen molar-refractivity contribution in [1.82, 2.24) is 25.6 Å². The van der Waals surface area contributed by atoms with Crippen molar-refractivity contribution in [3.8, 4) is 5.75 Å². The number of nitrogens with two attached hydrogens (primary N) is 1. The maximum Gasteiger partial charge on any atom is 0.272 e. The first-order chi connectivity index (χ1) is 17.9. The van der Waals surface area contributed by atoms with Crippen LogP contribution >= 0.6 is 0 Å². The fourth-order valence-corrected chi connectivity index (χ4v) is 3.96. The third-order valence-corrected chi connectivity index (χ3v) is 5.75. The Morgan fingerprint density at radius 1 is 1.08 bits per heavy atom. The number of carbonyl (C=O) groups excluding carboxylic acids is 4. The van der Waals surface area contributed by atoms with E-state index in [1.165, 1.54) is 12.5 Å². The van der Waals surface area contributed by atoms with Crippen molar-refractivity contribution < 1.29 is 23.9 Å². The first-order valence-electron chi connectivity index (χ1n) is 11.2. The Bertz CT molecular complexity index is 1530. The van der Waals surface area contributed by atoms with Gasteiger partial charge in [0, 0.05) is 12.7 Å². The number of ether oxygens (including phenoxy) is 1. The van der Waals surface area contributed by atoms with E-state index in [1.54, 1.807) is 48.5 Å². The molecule has 1 atom stereocenters. The number of amides is 4. The smallest absolute Gasteiger partial charge is 0.272 e. The molecule has 4 amide bonds. The Kier molecular flexibility index (Phi) is 6.20. The molecule has 186 valence electrons. The van der Waals surface area contributed by atoms with E-state index in [1.807, 2.05) is 0 Å². The summed E-state index contributed by atoms with van der Waals surface area (Å²) in [5, 5.41) is 8.10. The van der Waals surface area contributed by atoms with Crippen LogP contribution in [0.1, 0.15) is 38.0 Å². The number of hydrogen-bond donors (Lipinski definition) is 5. The summed E-state index contributed by atoms with van der Waals surface area (Å²) >= 11 is 0. The molecular weight excluding hydrogens is 478 g/mol. The van der Waals surface area contributed by atoms with E-state index in [4.69, 9.17) is 10.5 Å². The van der Waals surface area contributed by atoms with Gasteiger partial charge >= 0.3 is 0 Å². The van der Waals surface area contributed by atoms with Gasteiger partial charge in [0.1, 0.15) is 23.6 Å². The Labute approximate surface area is 209 Å². The van der Waals surface area contributed by atoms with Crippen LogP contribution in [0, 0.1) is 0 Å². The minimum absolute atomic E-state index is 0.0353. The van der Waals surface area contributed by atoms with E-state index in [0.29, 0.717) is 17.0 Å². The van der Waals surface area contributed by atoms with Crippen molar-refractivity contribution in [1.29, 1.82) is 0 Å². The Balaban J connectivity index is 1.33. The molecular formula is C25H21N7O5. The first kappa shape index (κ1) is 23.5. The largest absolute Gasteiger partial charge is 0.482 e. The maximum absolute atomic E-state index is 13.0. The second-order valence-corrected chi connectivity index (χ2v) is 8.22. The van der Waals surface area contributed by atoms with E-state index in [2.05, 4.69) is 30.9 Å². The van der Waals surface area contributed by atoms with Gasteiger partial charge < -0.3 is 31.4 Å². The van der Waals surface area contributed by atoms with Gasteiger partial charge in [-0.3, -0.25) is 19.2 Å². The zero-order chi connectivity index (χ0) is 25.9. The summed E-state index contributed by atoms with van der Waals surface area (Å²) in [6.07, 6.45) is 2.57. The molecule has 1 aliphatic heterocycles. The standard InChI is InChI=1S/C25H21N7O5/c26-23(34)19(14-4-2-1-3-5-14)32-24(35)15-10-27-21-20(15)29-12-30-22(21)25(36)28-9-13-6-7-17-16(8-13)31-18(33)11-37-17/h1-8,10,12,19,27H,9,11H2,(H2,26,34)(H,28,36)(H,31,33)(H,32,35)/t19-/m1/s1. The van der Waals surface area contributed by atoms with Crippen LogP contribution in [0.2, 0.25) is 0 Å². The molecule has 6 N–H and O–H groups in total. The lowest BCUT2D eigenvalue weighted by atomic mass is 10.1. The molecule has 0 bridgehead atoms. The highest BCUT2D eigenvalue weighted by atomic mass is 16.5. The molecule has 1 aliphatic rings. The summed E-state index contributed by atoms with van der Waals surface area (Å²) in [6.45, 7) is 0.108. The predicted octanol–water partition coefficient (Wildman–Crippen LogP) is 1.18. The Morgan fingerprint density at radius 3 is 2.68 bits per heavy atom. The van der Waals surface area contributed by atoms with Gasteiger partial charge in [0.15, 0.2) is 12.3 Å². The van der Waals surface area contributed by atoms with Crippen LogP contribution in [0.5, 0.6) is 5.75 Å². The molecule has 2 aromatic heterocycles. The lowest BCUT2D eigenvalue weighted by Gasteiger charge is -2.18. The van der Waals surface area contributed by atoms with Crippen molar-refractivity contribution in [2.45, 2.75) is 12.6 Å². The minimum atomic E-state index is -1.05. The van der Waals surface area contributed by atoms with Crippen LogP contribution in [0.25, 0.3) is 11.0 Å². The average Bonchev–Trinajstić information content (AvgIpc) is 3.35. The van der Waals surface area contributed by atoms with E-state index in [-0.39, 0.29) is 41.3 Å². The van der Waals surface area contributed by atoms with Gasteiger partial charge in [0.25, 0.3) is 17.7 Å². The second-order valence-electron chi connectivity index (χ2n) is 8.22. The molecule has 0 saturated heterocycles. The van der Waals surface area contributed by atoms with Crippen LogP contribution in [0.3, 0.4) is 0 Å². The molecule has 0 spiro atoms. The van der Waals surface area contributed by atoms with Crippen LogP contribution < -0.4 is 26.4 Å². The number of nitrogens with one attached hydrogen (secondary N) is 4. The summed E-state index contributed by atoms with van der Waals surface area (Å²) in [4.78, 5) is 60.6. The van der Waals surface area contributed by atoms with Gasteiger partial charge in [-0.15, -0.1) is 0 Å². The fourth-order valence-electron chi connectivity index (χ4n) is 3.96. The van der Waals surface area contributed by atoms with Crippen molar-refractivity contribution >= 4 is 40.3 Å². The zero-order valence-corrected chi connectivity index (χ0v) is 19.3. The predicted molar refractivity (Wildman–Crippen MR) is 131 cm³/mol. The van der Waals surface area contributed by atoms with Crippen LogP contribution in [-0.4, -0.2) is 45.2 Å². The van der Waals surface area contributed by atoms with Crippen molar-refractivity contribution in [3.63, 3.8) is 0 Å². The highest BCUT2D eigenvalue weighted by Crippen LogP contribution is 2.28. The summed E-state index contributed by atoms with van der Waals surface area (Å²) in [7, 11) is 0. The average molecular weight is 499 g/mol. The fraction of sp³-hybridized carbons (Fsp3) is 0.120. The summed E-state index contributed by atoms with van der Waals surface area (Å²) < 4.78 is 5.34. The number of aromatic amines is 1. The molecule has 3 heterocycles. The number of nitrogens with zero attached hydrogens (tertiary/aromatic N) is 2. The molecule has 37 heavy (non-hydrogen) atoms. The minimum Gasteiger partial charge on any atom is -0.482 e. The highest BCUT2D eigenvalue weighted by Gasteiger charge is 2.25. The number of primary amides is 1. The Morgan fingerprint density at radius 2 is 1.89 bits per heavy atom. The summed E-state index contributed by atoms with van der Waals surface area (Å²) in [6, 6.07) is 12.7. The molecule has 12 nitrogen and oxygen atoms in total. The third-order valence-electron chi connectivity index (χ3n) is 5.75. The topological polar surface area (TPSA) is 181 Å². The number of benzene rings is 2. The number of hydrogen-bond acceptors (Lipinski definition) is 7. The summed E-state index contributed by atoms with van der Waals surface area (Å²) in [5.74, 6) is -1.52. The molecule has 4 aromatic rings. The SMILES string of the molecule is NC(=O)[C@H](NC(=O)c1c[nH]c2c(C(=O)NCc3ccc4c(c3)NC(=O)CO4)ncnc12)c1ccccc1. The number of fused-ring (bicyclic) bond motifs is 2. The van der Waals surface area contributed by atoms with E-state index in [9.17, 15) is 19.2 Å². The summed E-state index contributed by atoms with van der Waals surface area (Å²) in [5.41, 5.74) is 7.92. The lowest BCUT2D eigenvalue weighted by Crippen LogP contribution is -2.37. The van der Waals surface area contributed by atoms with Crippen LogP contribution in [0.4, 0.5) is 5.69 Å². The van der Waals surface area contributed by atoms with Crippen molar-refractivity contribution in [2.24, 2.45) is 5.73 Å². The second kappa shape index (κ2) is 9.77. The molecule has 12 heteroatoms. The molecule has 0 aliphatic carbocycles. The van der Waals surface area contributed by atoms with Gasteiger partial charge in [-0.25, -0.2) is 9.97 Å². The number of carbonyl (C=O) groups is 4. The van der Waals surface area contributed by atoms with E-state index >= 15 is 0 Å².